The van der Waals surface area contributed by atoms with E-state index in [0.29, 0.717) is 5.92 Å². The maximum Gasteiger partial charge on any atom is 0.256 e. The van der Waals surface area contributed by atoms with E-state index in [0.717, 1.165) is 24.1 Å². The number of amides is 1. The summed E-state index contributed by atoms with van der Waals surface area (Å²) in [6.07, 6.45) is 0.789. The first-order chi connectivity index (χ1) is 8.15. The fraction of sp³-hybridized carbons (Fsp3) is 0.500. The number of fused-ring (bicyclic) bond motifs is 1. The third-order valence-electron chi connectivity index (χ3n) is 3.17. The van der Waals surface area contributed by atoms with Crippen LogP contribution >= 0.6 is 0 Å². The standard InChI is InChI=1S/C14H19NO2/c1-10(2)8-9-15-13(16)11-6-4-5-7-12(11)14(15)17-3/h4-7,10,14H,8-9H2,1-3H3/t14-/m0/s1. The highest BCUT2D eigenvalue weighted by molar-refractivity contribution is 5.98. The van der Waals surface area contributed by atoms with Gasteiger partial charge in [-0.2, -0.15) is 0 Å². The molecule has 1 aliphatic heterocycles. The van der Waals surface area contributed by atoms with Gasteiger partial charge in [-0.3, -0.25) is 4.79 Å². The van der Waals surface area contributed by atoms with E-state index in [9.17, 15) is 4.79 Å². The van der Waals surface area contributed by atoms with Gasteiger partial charge in [-0.05, 0) is 18.4 Å². The maximum absolute atomic E-state index is 12.2. The summed E-state index contributed by atoms with van der Waals surface area (Å²) in [5, 5.41) is 0. The highest BCUT2D eigenvalue weighted by Gasteiger charge is 2.35. The van der Waals surface area contributed by atoms with Crippen LogP contribution in [0.4, 0.5) is 0 Å². The molecule has 0 unspecified atom stereocenters. The Morgan fingerprint density at radius 2 is 2.06 bits per heavy atom. The molecule has 3 nitrogen and oxygen atoms in total. The first kappa shape index (κ1) is 12.1. The highest BCUT2D eigenvalue weighted by atomic mass is 16.5. The molecule has 0 aromatic heterocycles. The number of benzene rings is 1. The minimum absolute atomic E-state index is 0.0908. The Labute approximate surface area is 102 Å². The van der Waals surface area contributed by atoms with Gasteiger partial charge in [0.25, 0.3) is 5.91 Å². The summed E-state index contributed by atoms with van der Waals surface area (Å²) in [7, 11) is 1.66. The summed E-state index contributed by atoms with van der Waals surface area (Å²) in [6, 6.07) is 7.69. The second-order valence-electron chi connectivity index (χ2n) is 4.86. The van der Waals surface area contributed by atoms with Crippen molar-refractivity contribution in [1.82, 2.24) is 4.90 Å². The summed E-state index contributed by atoms with van der Waals surface area (Å²) in [4.78, 5) is 14.0. The fourth-order valence-electron chi connectivity index (χ4n) is 2.21. The van der Waals surface area contributed by atoms with Crippen LogP contribution in [-0.2, 0) is 4.74 Å². The smallest absolute Gasteiger partial charge is 0.256 e. The minimum Gasteiger partial charge on any atom is -0.357 e. The molecule has 1 aromatic rings. The van der Waals surface area contributed by atoms with Crippen LogP contribution in [0, 0.1) is 5.92 Å². The first-order valence-electron chi connectivity index (χ1n) is 6.08. The molecule has 2 rings (SSSR count). The van der Waals surface area contributed by atoms with Gasteiger partial charge < -0.3 is 9.64 Å². The van der Waals surface area contributed by atoms with Crippen molar-refractivity contribution in [2.75, 3.05) is 13.7 Å². The summed E-state index contributed by atoms with van der Waals surface area (Å²) >= 11 is 0. The zero-order chi connectivity index (χ0) is 12.4. The Balaban J connectivity index is 2.23. The largest absolute Gasteiger partial charge is 0.357 e. The van der Waals surface area contributed by atoms with Crippen molar-refractivity contribution < 1.29 is 9.53 Å². The molecule has 0 saturated heterocycles. The molecule has 0 spiro atoms. The summed E-state index contributed by atoms with van der Waals surface area (Å²) in [5.41, 5.74) is 1.77. The van der Waals surface area contributed by atoms with Crippen LogP contribution in [0.5, 0.6) is 0 Å². The zero-order valence-electron chi connectivity index (χ0n) is 10.6. The number of rotatable bonds is 4. The third kappa shape index (κ3) is 2.20. The topological polar surface area (TPSA) is 29.5 Å². The van der Waals surface area contributed by atoms with Crippen LogP contribution in [0.1, 0.15) is 42.4 Å². The lowest BCUT2D eigenvalue weighted by Crippen LogP contribution is -2.30. The van der Waals surface area contributed by atoms with Crippen molar-refractivity contribution in [3.63, 3.8) is 0 Å². The monoisotopic (exact) mass is 233 g/mol. The molecular weight excluding hydrogens is 214 g/mol. The lowest BCUT2D eigenvalue weighted by molar-refractivity contribution is -0.0139. The van der Waals surface area contributed by atoms with Gasteiger partial charge in [0.05, 0.1) is 0 Å². The second kappa shape index (κ2) is 4.88. The lowest BCUT2D eigenvalue weighted by atomic mass is 10.1. The van der Waals surface area contributed by atoms with Crippen molar-refractivity contribution in [2.24, 2.45) is 5.92 Å². The van der Waals surface area contributed by atoms with Crippen LogP contribution in [-0.4, -0.2) is 24.5 Å². The van der Waals surface area contributed by atoms with Crippen LogP contribution < -0.4 is 0 Å². The number of nitrogens with zero attached hydrogens (tertiary/aromatic N) is 1. The van der Waals surface area contributed by atoms with E-state index in [-0.39, 0.29) is 12.1 Å². The van der Waals surface area contributed by atoms with Gasteiger partial charge in [-0.1, -0.05) is 32.0 Å². The third-order valence-corrected chi connectivity index (χ3v) is 3.17. The molecule has 17 heavy (non-hydrogen) atoms. The highest BCUT2D eigenvalue weighted by Crippen LogP contribution is 2.34. The normalized spacial score (nSPS) is 18.9. The lowest BCUT2D eigenvalue weighted by Gasteiger charge is -2.24. The molecule has 1 aliphatic rings. The van der Waals surface area contributed by atoms with Crippen molar-refractivity contribution in [2.45, 2.75) is 26.5 Å². The molecule has 0 bridgehead atoms. The molecule has 1 heterocycles. The van der Waals surface area contributed by atoms with Gasteiger partial charge in [-0.15, -0.1) is 0 Å². The number of hydrogen-bond donors (Lipinski definition) is 0. The summed E-state index contributed by atoms with van der Waals surface area (Å²) in [6.45, 7) is 5.08. The van der Waals surface area contributed by atoms with Gasteiger partial charge >= 0.3 is 0 Å². The molecule has 1 amide bonds. The molecule has 92 valence electrons. The van der Waals surface area contributed by atoms with Crippen molar-refractivity contribution >= 4 is 5.91 Å². The molecular formula is C14H19NO2. The number of methoxy groups -OCH3 is 1. The van der Waals surface area contributed by atoms with Crippen LogP contribution in [0.15, 0.2) is 24.3 Å². The molecule has 0 radical (unpaired) electrons. The van der Waals surface area contributed by atoms with E-state index in [1.165, 1.54) is 0 Å². The molecule has 1 aromatic carbocycles. The predicted molar refractivity (Wildman–Crippen MR) is 66.7 cm³/mol. The van der Waals surface area contributed by atoms with E-state index in [1.54, 1.807) is 7.11 Å². The fourth-order valence-corrected chi connectivity index (χ4v) is 2.21. The average molecular weight is 233 g/mol. The van der Waals surface area contributed by atoms with Crippen molar-refractivity contribution in [3.8, 4) is 0 Å². The average Bonchev–Trinajstić information content (AvgIpc) is 2.60. The summed E-state index contributed by atoms with van der Waals surface area (Å²) in [5.74, 6) is 0.678. The van der Waals surface area contributed by atoms with Crippen LogP contribution in [0.2, 0.25) is 0 Å². The molecule has 1 atom stereocenters. The molecule has 3 heteroatoms. The number of carbonyl (C=O) groups excluding carboxylic acids is 1. The molecule has 0 aliphatic carbocycles. The van der Waals surface area contributed by atoms with Crippen LogP contribution in [0.25, 0.3) is 0 Å². The Morgan fingerprint density at radius 3 is 2.71 bits per heavy atom. The van der Waals surface area contributed by atoms with Gasteiger partial charge in [0.15, 0.2) is 6.23 Å². The maximum atomic E-state index is 12.2. The van der Waals surface area contributed by atoms with Gasteiger partial charge in [0, 0.05) is 24.8 Å². The van der Waals surface area contributed by atoms with Crippen molar-refractivity contribution in [3.05, 3.63) is 35.4 Å². The number of ether oxygens (including phenoxy) is 1. The number of carbonyl (C=O) groups is 1. The van der Waals surface area contributed by atoms with Gasteiger partial charge in [-0.25, -0.2) is 0 Å². The second-order valence-corrected chi connectivity index (χ2v) is 4.86. The zero-order valence-corrected chi connectivity index (χ0v) is 10.6. The SMILES string of the molecule is CO[C@H]1c2ccccc2C(=O)N1CCC(C)C. The van der Waals surface area contributed by atoms with E-state index in [4.69, 9.17) is 4.74 Å². The van der Waals surface area contributed by atoms with E-state index < -0.39 is 0 Å². The Kier molecular flexibility index (Phi) is 3.48. The van der Waals surface area contributed by atoms with E-state index >= 15 is 0 Å². The Bertz CT molecular complexity index is 414. The van der Waals surface area contributed by atoms with Gasteiger partial charge in [0.1, 0.15) is 0 Å². The van der Waals surface area contributed by atoms with Crippen molar-refractivity contribution in [1.29, 1.82) is 0 Å². The number of hydrogen-bond acceptors (Lipinski definition) is 2. The quantitative estimate of drug-likeness (QED) is 0.800. The van der Waals surface area contributed by atoms with Crippen LogP contribution in [0.3, 0.4) is 0 Å². The predicted octanol–water partition coefficient (Wildman–Crippen LogP) is 2.83. The first-order valence-corrected chi connectivity index (χ1v) is 6.08. The Hall–Kier alpha value is -1.35. The minimum atomic E-state index is -0.211. The summed E-state index contributed by atoms with van der Waals surface area (Å²) < 4.78 is 5.46. The molecule has 0 fully saturated rings. The van der Waals surface area contributed by atoms with E-state index in [1.807, 2.05) is 29.2 Å². The van der Waals surface area contributed by atoms with E-state index in [2.05, 4.69) is 13.8 Å². The van der Waals surface area contributed by atoms with Gasteiger partial charge in [0.2, 0.25) is 0 Å². The molecule has 0 saturated carbocycles. The molecule has 0 N–H and O–H groups in total. The Morgan fingerprint density at radius 1 is 1.35 bits per heavy atom.